The van der Waals surface area contributed by atoms with Crippen molar-refractivity contribution in [3.05, 3.63) is 41.5 Å². The Morgan fingerprint density at radius 2 is 2.12 bits per heavy atom. The molecule has 1 rings (SSSR count). The first-order valence-corrected chi connectivity index (χ1v) is 5.73. The summed E-state index contributed by atoms with van der Waals surface area (Å²) in [6.07, 6.45) is 10.5. The number of rotatable bonds is 5. The highest BCUT2D eigenvalue weighted by molar-refractivity contribution is 6.47. The van der Waals surface area contributed by atoms with E-state index in [2.05, 4.69) is 31.2 Å². The smallest absolute Gasteiger partial charge is 0.327 e. The van der Waals surface area contributed by atoms with Crippen LogP contribution in [0.15, 0.2) is 30.4 Å². The molecule has 0 spiro atoms. The van der Waals surface area contributed by atoms with E-state index in [1.165, 1.54) is 7.48 Å². The molecule has 0 fully saturated rings. The summed E-state index contributed by atoms with van der Waals surface area (Å²) in [4.78, 5) is 0. The summed E-state index contributed by atoms with van der Waals surface area (Å²) in [5.74, 6) is 0. The van der Waals surface area contributed by atoms with E-state index < -0.39 is 0 Å². The van der Waals surface area contributed by atoms with Crippen molar-refractivity contribution in [2.75, 3.05) is 0 Å². The van der Waals surface area contributed by atoms with Crippen molar-refractivity contribution in [1.82, 2.24) is 0 Å². The third-order valence-corrected chi connectivity index (χ3v) is 2.40. The summed E-state index contributed by atoms with van der Waals surface area (Å²) in [6, 6.07) is 5.92. The lowest BCUT2D eigenvalue weighted by Gasteiger charge is -2.06. The molecule has 0 saturated heterocycles. The van der Waals surface area contributed by atoms with Crippen LogP contribution in [0.5, 0.6) is 0 Å². The fourth-order valence-electron chi connectivity index (χ4n) is 1.60. The van der Waals surface area contributed by atoms with Crippen LogP contribution in [-0.4, -0.2) is 12.5 Å². The van der Waals surface area contributed by atoms with Gasteiger partial charge >= 0.3 is 7.48 Å². The molecule has 1 radical (unpaired) electrons. The average Bonchev–Trinajstić information content (AvgIpc) is 2.31. The van der Waals surface area contributed by atoms with E-state index in [1.54, 1.807) is 0 Å². The molecule has 1 aromatic rings. The second kappa shape index (κ2) is 7.07. The first-order valence-electron chi connectivity index (χ1n) is 5.73. The van der Waals surface area contributed by atoms with Crippen molar-refractivity contribution in [3.63, 3.8) is 0 Å². The van der Waals surface area contributed by atoms with E-state index in [0.717, 1.165) is 29.4 Å². The van der Waals surface area contributed by atoms with Crippen LogP contribution in [0.4, 0.5) is 0 Å². The quantitative estimate of drug-likeness (QED) is 0.745. The molecule has 0 bridgehead atoms. The predicted molar refractivity (Wildman–Crippen MR) is 72.7 cm³/mol. The van der Waals surface area contributed by atoms with Gasteiger partial charge in [-0.1, -0.05) is 55.8 Å². The fourth-order valence-corrected chi connectivity index (χ4v) is 1.60. The van der Waals surface area contributed by atoms with Gasteiger partial charge < -0.3 is 5.02 Å². The molecule has 0 aliphatic carbocycles. The molecule has 1 nitrogen and oxygen atoms in total. The minimum atomic E-state index is 0.864. The Hall–Kier alpha value is -1.28. The van der Waals surface area contributed by atoms with Crippen molar-refractivity contribution in [1.29, 1.82) is 0 Å². The Labute approximate surface area is 98.8 Å². The van der Waals surface area contributed by atoms with Crippen molar-refractivity contribution in [2.45, 2.75) is 26.7 Å². The van der Waals surface area contributed by atoms with Gasteiger partial charge in [-0.25, -0.2) is 0 Å². The molecule has 0 heterocycles. The zero-order valence-electron chi connectivity index (χ0n) is 9.98. The van der Waals surface area contributed by atoms with Crippen LogP contribution < -0.4 is 5.46 Å². The van der Waals surface area contributed by atoms with Crippen molar-refractivity contribution in [3.8, 4) is 0 Å². The van der Waals surface area contributed by atoms with Crippen LogP contribution in [0.2, 0.25) is 0 Å². The van der Waals surface area contributed by atoms with Crippen LogP contribution >= 0.6 is 0 Å². The van der Waals surface area contributed by atoms with Gasteiger partial charge in [0.25, 0.3) is 0 Å². The van der Waals surface area contributed by atoms with Gasteiger partial charge in [-0.2, -0.15) is 0 Å². The highest BCUT2D eigenvalue weighted by Gasteiger charge is 2.03. The van der Waals surface area contributed by atoms with E-state index in [1.807, 2.05) is 25.1 Å². The number of hydrogen-bond acceptors (Lipinski definition) is 1. The lowest BCUT2D eigenvalue weighted by molar-refractivity contribution is 0.615. The average molecular weight is 213 g/mol. The van der Waals surface area contributed by atoms with Crippen LogP contribution in [-0.2, 0) is 0 Å². The van der Waals surface area contributed by atoms with Gasteiger partial charge in [-0.3, -0.25) is 0 Å². The lowest BCUT2D eigenvalue weighted by Crippen LogP contribution is -2.17. The van der Waals surface area contributed by atoms with Gasteiger partial charge in [0.15, 0.2) is 0 Å². The third kappa shape index (κ3) is 3.39. The molecule has 0 aliphatic heterocycles. The maximum absolute atomic E-state index is 9.18. The van der Waals surface area contributed by atoms with Crippen LogP contribution in [0.1, 0.15) is 37.8 Å². The summed E-state index contributed by atoms with van der Waals surface area (Å²) in [6.45, 7) is 4.15. The zero-order valence-corrected chi connectivity index (χ0v) is 9.98. The molecule has 2 heteroatoms. The van der Waals surface area contributed by atoms with E-state index in [4.69, 9.17) is 0 Å². The van der Waals surface area contributed by atoms with E-state index in [-0.39, 0.29) is 0 Å². The highest BCUT2D eigenvalue weighted by Crippen LogP contribution is 2.11. The summed E-state index contributed by atoms with van der Waals surface area (Å²) in [7, 11) is 1.17. The molecule has 0 amide bonds. The minimum Gasteiger partial charge on any atom is -0.450 e. The maximum atomic E-state index is 9.18. The Morgan fingerprint density at radius 3 is 2.75 bits per heavy atom. The molecule has 0 aromatic heterocycles. The van der Waals surface area contributed by atoms with Gasteiger partial charge in [0.2, 0.25) is 0 Å². The van der Waals surface area contributed by atoms with Crippen molar-refractivity contribution < 1.29 is 5.02 Å². The molecule has 0 unspecified atom stereocenters. The Balaban J connectivity index is 3.09. The van der Waals surface area contributed by atoms with Crippen molar-refractivity contribution in [2.24, 2.45) is 0 Å². The van der Waals surface area contributed by atoms with E-state index in [9.17, 15) is 5.02 Å². The summed E-state index contributed by atoms with van der Waals surface area (Å²) in [5.41, 5.74) is 3.08. The monoisotopic (exact) mass is 213 g/mol. The Kier molecular flexibility index (Phi) is 5.66. The molecule has 16 heavy (non-hydrogen) atoms. The second-order valence-corrected chi connectivity index (χ2v) is 3.67. The zero-order chi connectivity index (χ0) is 11.8. The maximum Gasteiger partial charge on any atom is 0.327 e. The van der Waals surface area contributed by atoms with Crippen molar-refractivity contribution >= 4 is 25.1 Å². The van der Waals surface area contributed by atoms with Gasteiger partial charge in [-0.05, 0) is 29.9 Å². The highest BCUT2D eigenvalue weighted by atomic mass is 16.2. The standard InChI is InChI=1S/C14H18BO/c1-3-5-6-10-13-12(8-4-2)9-7-11-14(13)15-16/h4,6-11,16H,3,5H2,1-2H3/b8-4-,10-6+. The Morgan fingerprint density at radius 1 is 1.31 bits per heavy atom. The number of hydrogen-bond donors (Lipinski definition) is 1. The van der Waals surface area contributed by atoms with Crippen LogP contribution in [0, 0.1) is 0 Å². The molecular weight excluding hydrogens is 195 g/mol. The van der Waals surface area contributed by atoms with Gasteiger partial charge in [0, 0.05) is 0 Å². The van der Waals surface area contributed by atoms with E-state index in [0.29, 0.717) is 0 Å². The largest absolute Gasteiger partial charge is 0.450 e. The van der Waals surface area contributed by atoms with Crippen LogP contribution in [0.3, 0.4) is 0 Å². The third-order valence-electron chi connectivity index (χ3n) is 2.40. The first-order chi connectivity index (χ1) is 7.83. The van der Waals surface area contributed by atoms with Gasteiger partial charge in [0.1, 0.15) is 0 Å². The lowest BCUT2D eigenvalue weighted by atomic mass is 9.82. The van der Waals surface area contributed by atoms with Gasteiger partial charge in [-0.15, -0.1) is 0 Å². The minimum absolute atomic E-state index is 0.864. The predicted octanol–water partition coefficient (Wildman–Crippen LogP) is 2.77. The Bertz CT molecular complexity index is 380. The first kappa shape index (κ1) is 12.8. The molecule has 83 valence electrons. The fraction of sp³-hybridized carbons (Fsp3) is 0.286. The number of benzene rings is 1. The summed E-state index contributed by atoms with van der Waals surface area (Å²) < 4.78 is 0. The topological polar surface area (TPSA) is 20.2 Å². The second-order valence-electron chi connectivity index (χ2n) is 3.67. The number of allylic oxidation sites excluding steroid dienone is 2. The molecule has 0 atom stereocenters. The SMILES string of the molecule is C/C=C\c1cccc([B]O)c1/C=C/CCC. The number of unbranched alkanes of at least 4 members (excludes halogenated alkanes) is 1. The van der Waals surface area contributed by atoms with E-state index >= 15 is 0 Å². The molecular formula is C14H18BO. The normalized spacial score (nSPS) is 11.4. The summed E-state index contributed by atoms with van der Waals surface area (Å²) in [5, 5.41) is 9.18. The summed E-state index contributed by atoms with van der Waals surface area (Å²) >= 11 is 0. The molecule has 0 aliphatic rings. The molecule has 1 aromatic carbocycles. The molecule has 0 saturated carbocycles. The van der Waals surface area contributed by atoms with Gasteiger partial charge in [0.05, 0.1) is 0 Å². The van der Waals surface area contributed by atoms with Crippen LogP contribution in [0.25, 0.3) is 12.2 Å². The molecule has 1 N–H and O–H groups in total.